The van der Waals surface area contributed by atoms with Gasteiger partial charge in [0.2, 0.25) is 0 Å². The molecule has 2 radical (unpaired) electrons. The summed E-state index contributed by atoms with van der Waals surface area (Å²) in [5, 5.41) is 18.2. The molecule has 29 heavy (non-hydrogen) atoms. The summed E-state index contributed by atoms with van der Waals surface area (Å²) in [5.74, 6) is 0.925. The van der Waals surface area contributed by atoms with Crippen LogP contribution < -0.4 is 9.22 Å². The molecule has 146 valence electrons. The van der Waals surface area contributed by atoms with E-state index in [0.29, 0.717) is 12.6 Å². The van der Waals surface area contributed by atoms with Crippen LogP contribution in [0.2, 0.25) is 0 Å². The summed E-state index contributed by atoms with van der Waals surface area (Å²) in [6, 6.07) is 12.5. The number of rotatable bonds is 5. The Hall–Kier alpha value is -2.43. The van der Waals surface area contributed by atoms with Crippen molar-refractivity contribution >= 4 is 43.1 Å². The van der Waals surface area contributed by atoms with Crippen molar-refractivity contribution in [2.75, 3.05) is 0 Å². The number of aromatic nitrogens is 4. The number of aliphatic hydroxyl groups is 1. The van der Waals surface area contributed by atoms with Gasteiger partial charge in [0.15, 0.2) is 0 Å². The summed E-state index contributed by atoms with van der Waals surface area (Å²) in [6.45, 7) is 3.88. The Morgan fingerprint density at radius 2 is 1.90 bits per heavy atom. The number of benzene rings is 2. The molecule has 5 rings (SSSR count). The predicted molar refractivity (Wildman–Crippen MR) is 114 cm³/mol. The third kappa shape index (κ3) is 3.75. The van der Waals surface area contributed by atoms with Crippen molar-refractivity contribution in [1.29, 1.82) is 0 Å². The van der Waals surface area contributed by atoms with Gasteiger partial charge in [-0.2, -0.15) is 0 Å². The van der Waals surface area contributed by atoms with E-state index >= 15 is 0 Å². The van der Waals surface area contributed by atoms with Crippen LogP contribution in [-0.4, -0.2) is 53.4 Å². The van der Waals surface area contributed by atoms with Crippen molar-refractivity contribution in [1.82, 2.24) is 19.7 Å². The van der Waals surface area contributed by atoms with E-state index < -0.39 is 5.60 Å². The minimum atomic E-state index is -0.898. The van der Waals surface area contributed by atoms with Crippen LogP contribution in [0.4, 0.5) is 0 Å². The number of hydrogen-bond donors (Lipinski definition) is 1. The van der Waals surface area contributed by atoms with Gasteiger partial charge in [-0.15, -0.1) is 0 Å². The molecular weight excluding hydrogens is 427 g/mol. The summed E-state index contributed by atoms with van der Waals surface area (Å²) >= 11 is 2.49. The summed E-state index contributed by atoms with van der Waals surface area (Å²) in [6.07, 6.45) is 4.22. The molecule has 0 bridgehead atoms. The van der Waals surface area contributed by atoms with Crippen LogP contribution in [0.25, 0.3) is 33.1 Å². The van der Waals surface area contributed by atoms with Crippen LogP contribution >= 0.6 is 0 Å². The van der Waals surface area contributed by atoms with Gasteiger partial charge < -0.3 is 0 Å². The van der Waals surface area contributed by atoms with Crippen LogP contribution in [0.3, 0.4) is 0 Å². The zero-order chi connectivity index (χ0) is 20.2. The zero-order valence-corrected chi connectivity index (χ0v) is 18.2. The van der Waals surface area contributed by atoms with E-state index in [9.17, 15) is 5.11 Å². The molecule has 1 aliphatic carbocycles. The number of hydrogen-bond acceptors (Lipinski definition) is 5. The Balaban J connectivity index is 1.61. The Morgan fingerprint density at radius 3 is 2.66 bits per heavy atom. The molecule has 6 nitrogen and oxygen atoms in total. The summed E-state index contributed by atoms with van der Waals surface area (Å²) in [7, 11) is 0. The number of fused-ring (bicyclic) bond motifs is 2. The molecule has 2 heterocycles. The van der Waals surface area contributed by atoms with Crippen LogP contribution in [0.1, 0.15) is 26.7 Å². The topological polar surface area (TPSA) is 73.1 Å². The molecule has 1 saturated carbocycles. The predicted octanol–water partition coefficient (Wildman–Crippen LogP) is 2.75. The third-order valence-electron chi connectivity index (χ3n) is 4.96. The molecule has 2 aromatic carbocycles. The average Bonchev–Trinajstić information content (AvgIpc) is 3.41. The van der Waals surface area contributed by atoms with E-state index in [4.69, 9.17) is 9.84 Å². The van der Waals surface area contributed by atoms with Crippen molar-refractivity contribution in [2.24, 2.45) is 0 Å². The SMILES string of the molecule is CC(C)(O)Cn1nc(-c2ccc3cc(OC4CC4)ccc3c2)c2c([As])ncnc21. The van der Waals surface area contributed by atoms with E-state index in [0.717, 1.165) is 56.1 Å². The Labute approximate surface area is 177 Å². The van der Waals surface area contributed by atoms with Gasteiger partial charge >= 0.3 is 177 Å². The van der Waals surface area contributed by atoms with Crippen LogP contribution in [0.5, 0.6) is 5.75 Å². The molecule has 0 spiro atoms. The van der Waals surface area contributed by atoms with Crippen molar-refractivity contribution in [3.8, 4) is 17.0 Å². The van der Waals surface area contributed by atoms with Gasteiger partial charge in [-0.25, -0.2) is 0 Å². The Morgan fingerprint density at radius 1 is 1.14 bits per heavy atom. The van der Waals surface area contributed by atoms with Gasteiger partial charge in [0.1, 0.15) is 0 Å². The van der Waals surface area contributed by atoms with E-state index in [-0.39, 0.29) is 0 Å². The van der Waals surface area contributed by atoms with Crippen molar-refractivity contribution in [2.45, 2.75) is 44.9 Å². The molecule has 0 aliphatic heterocycles. The molecule has 7 heteroatoms. The van der Waals surface area contributed by atoms with Crippen LogP contribution in [-0.2, 0) is 6.54 Å². The number of nitrogens with zero attached hydrogens (tertiary/aromatic N) is 4. The van der Waals surface area contributed by atoms with Gasteiger partial charge in [0, 0.05) is 0 Å². The van der Waals surface area contributed by atoms with Crippen molar-refractivity contribution in [3.05, 3.63) is 42.7 Å². The summed E-state index contributed by atoms with van der Waals surface area (Å²) in [5.41, 5.74) is 1.64. The second kappa shape index (κ2) is 6.82. The Kier molecular flexibility index (Phi) is 4.37. The van der Waals surface area contributed by atoms with E-state index in [1.54, 1.807) is 18.5 Å². The zero-order valence-electron chi connectivity index (χ0n) is 16.3. The molecule has 0 unspecified atom stereocenters. The van der Waals surface area contributed by atoms with Gasteiger partial charge in [-0.05, 0) is 0 Å². The fourth-order valence-corrected chi connectivity index (χ4v) is 4.03. The van der Waals surface area contributed by atoms with E-state index in [1.165, 1.54) is 6.33 Å². The quantitative estimate of drug-likeness (QED) is 0.476. The van der Waals surface area contributed by atoms with Gasteiger partial charge in [-0.1, -0.05) is 0 Å². The molecule has 0 amide bonds. The van der Waals surface area contributed by atoms with Crippen LogP contribution in [0, 0.1) is 0 Å². The maximum atomic E-state index is 10.3. The van der Waals surface area contributed by atoms with Gasteiger partial charge in [0.05, 0.1) is 0 Å². The first-order valence-electron chi connectivity index (χ1n) is 9.71. The molecule has 1 aliphatic rings. The maximum absolute atomic E-state index is 10.3. The fraction of sp³-hybridized carbons (Fsp3) is 0.318. The second-order valence-electron chi connectivity index (χ2n) is 8.26. The standard InChI is InChI=1S/C22H21AsN4O2/c1-22(2,28)11-27-21-18(20(23)24-12-25-21)19(26-27)15-4-3-14-10-17(29-16-7-8-16)6-5-13(14)9-15/h3-6,9-10,12,16,28H,7-8,11H2,1-2H3. The van der Waals surface area contributed by atoms with E-state index in [1.807, 2.05) is 6.07 Å². The monoisotopic (exact) mass is 448 g/mol. The van der Waals surface area contributed by atoms with Crippen molar-refractivity contribution in [3.63, 3.8) is 0 Å². The Bertz CT molecular complexity index is 1220. The van der Waals surface area contributed by atoms with Gasteiger partial charge in [-0.3, -0.25) is 0 Å². The second-order valence-corrected chi connectivity index (χ2v) is 9.14. The molecule has 0 atom stereocenters. The number of ether oxygens (including phenoxy) is 1. The average molecular weight is 448 g/mol. The molecular formula is C22H21AsN4O2. The summed E-state index contributed by atoms with van der Waals surface area (Å²) < 4.78 is 8.49. The first-order valence-corrected chi connectivity index (χ1v) is 10.6. The molecule has 1 fully saturated rings. The normalized spacial score (nSPS) is 14.6. The first kappa shape index (κ1) is 18.6. The van der Waals surface area contributed by atoms with Crippen molar-refractivity contribution < 1.29 is 9.84 Å². The molecule has 4 aromatic rings. The van der Waals surface area contributed by atoms with Gasteiger partial charge in [0.25, 0.3) is 0 Å². The minimum absolute atomic E-state index is 0.350. The molecule has 1 N–H and O–H groups in total. The molecule has 2 aromatic heterocycles. The summed E-state index contributed by atoms with van der Waals surface area (Å²) in [4.78, 5) is 8.77. The van der Waals surface area contributed by atoms with E-state index in [2.05, 4.69) is 57.2 Å². The first-order chi connectivity index (χ1) is 13.9. The fourth-order valence-electron chi connectivity index (χ4n) is 3.49. The van der Waals surface area contributed by atoms with Crippen LogP contribution in [0.15, 0.2) is 42.7 Å². The third-order valence-corrected chi connectivity index (χ3v) is 5.67. The molecule has 0 saturated heterocycles.